The zero-order valence-corrected chi connectivity index (χ0v) is 13.8. The van der Waals surface area contributed by atoms with Crippen molar-refractivity contribution in [2.75, 3.05) is 17.3 Å². The molecule has 0 N–H and O–H groups in total. The summed E-state index contributed by atoms with van der Waals surface area (Å²) in [4.78, 5) is 11.1. The first-order valence-electron chi connectivity index (χ1n) is 5.66. The SMILES string of the molecule is CN(c1ccnc2cc(Br)cnc12)C(C)(C)CBr. The maximum Gasteiger partial charge on any atom is 0.112 e. The van der Waals surface area contributed by atoms with Crippen LogP contribution in [-0.2, 0) is 0 Å². The number of hydrogen-bond donors (Lipinski definition) is 0. The Hall–Kier alpha value is -0.680. The van der Waals surface area contributed by atoms with Crippen molar-refractivity contribution in [1.82, 2.24) is 9.97 Å². The van der Waals surface area contributed by atoms with Crippen LogP contribution in [0.15, 0.2) is 29.0 Å². The monoisotopic (exact) mass is 371 g/mol. The smallest absolute Gasteiger partial charge is 0.112 e. The summed E-state index contributed by atoms with van der Waals surface area (Å²) in [7, 11) is 2.08. The average Bonchev–Trinajstić information content (AvgIpc) is 2.36. The number of anilines is 1. The van der Waals surface area contributed by atoms with Gasteiger partial charge in [0.2, 0.25) is 0 Å². The van der Waals surface area contributed by atoms with Gasteiger partial charge in [0, 0.05) is 34.8 Å². The molecule has 2 aromatic rings. The first-order valence-corrected chi connectivity index (χ1v) is 7.57. The van der Waals surface area contributed by atoms with E-state index in [2.05, 4.69) is 67.6 Å². The Labute approximate surface area is 124 Å². The van der Waals surface area contributed by atoms with Crippen molar-refractivity contribution in [3.05, 3.63) is 29.0 Å². The van der Waals surface area contributed by atoms with E-state index in [1.165, 1.54) is 0 Å². The molecule has 5 heteroatoms. The van der Waals surface area contributed by atoms with Gasteiger partial charge in [0.15, 0.2) is 0 Å². The summed E-state index contributed by atoms with van der Waals surface area (Å²) < 4.78 is 0.946. The number of hydrogen-bond acceptors (Lipinski definition) is 3. The lowest BCUT2D eigenvalue weighted by atomic mass is 10.1. The molecule has 0 aliphatic heterocycles. The molecule has 0 radical (unpaired) electrons. The predicted molar refractivity (Wildman–Crippen MR) is 83.5 cm³/mol. The molecule has 0 fully saturated rings. The highest BCUT2D eigenvalue weighted by atomic mass is 79.9. The number of aromatic nitrogens is 2. The molecule has 0 atom stereocenters. The Bertz CT molecular complexity index is 569. The van der Waals surface area contributed by atoms with E-state index in [0.717, 1.165) is 26.5 Å². The van der Waals surface area contributed by atoms with Gasteiger partial charge < -0.3 is 4.90 Å². The number of pyridine rings is 2. The second-order valence-corrected chi connectivity index (χ2v) is 6.33. The summed E-state index contributed by atoms with van der Waals surface area (Å²) in [6.07, 6.45) is 3.63. The Kier molecular flexibility index (Phi) is 3.92. The van der Waals surface area contributed by atoms with Crippen LogP contribution in [0, 0.1) is 0 Å². The van der Waals surface area contributed by atoms with Gasteiger partial charge in [0.05, 0.1) is 11.2 Å². The molecule has 0 saturated heterocycles. The number of rotatable bonds is 3. The lowest BCUT2D eigenvalue weighted by Crippen LogP contribution is -2.42. The van der Waals surface area contributed by atoms with Crippen molar-refractivity contribution in [2.45, 2.75) is 19.4 Å². The van der Waals surface area contributed by atoms with Crippen molar-refractivity contribution >= 4 is 48.6 Å². The summed E-state index contributed by atoms with van der Waals surface area (Å²) in [6.45, 7) is 4.37. The third kappa shape index (κ3) is 2.52. The Morgan fingerprint density at radius 1 is 1.33 bits per heavy atom. The van der Waals surface area contributed by atoms with Crippen LogP contribution in [0.1, 0.15) is 13.8 Å². The van der Waals surface area contributed by atoms with Crippen LogP contribution in [0.4, 0.5) is 5.69 Å². The molecule has 0 saturated carbocycles. The van der Waals surface area contributed by atoms with Crippen molar-refractivity contribution in [1.29, 1.82) is 0 Å². The van der Waals surface area contributed by atoms with E-state index in [0.29, 0.717) is 0 Å². The standard InChI is InChI=1S/C13H15Br2N3/c1-13(2,8-14)18(3)11-4-5-16-10-6-9(15)7-17-12(10)11/h4-7H,8H2,1-3H3. The van der Waals surface area contributed by atoms with Gasteiger partial charge in [0.1, 0.15) is 5.52 Å². The Morgan fingerprint density at radius 3 is 2.72 bits per heavy atom. The molecular weight excluding hydrogens is 358 g/mol. The predicted octanol–water partition coefficient (Wildman–Crippen LogP) is 4.00. The molecule has 0 aliphatic rings. The quantitative estimate of drug-likeness (QED) is 0.762. The van der Waals surface area contributed by atoms with Gasteiger partial charge in [-0.1, -0.05) is 15.9 Å². The molecule has 0 aliphatic carbocycles. The minimum absolute atomic E-state index is 0.0169. The first kappa shape index (κ1) is 13.7. The third-order valence-corrected chi connectivity index (χ3v) is 4.93. The van der Waals surface area contributed by atoms with Crippen molar-refractivity contribution < 1.29 is 0 Å². The molecule has 0 unspecified atom stereocenters. The summed E-state index contributed by atoms with van der Waals surface area (Å²) in [5.41, 5.74) is 2.94. The lowest BCUT2D eigenvalue weighted by Gasteiger charge is -2.36. The molecule has 18 heavy (non-hydrogen) atoms. The molecule has 0 bridgehead atoms. The molecule has 2 aromatic heterocycles. The second-order valence-electron chi connectivity index (χ2n) is 4.86. The highest BCUT2D eigenvalue weighted by Crippen LogP contribution is 2.29. The number of nitrogens with zero attached hydrogens (tertiary/aromatic N) is 3. The third-order valence-electron chi connectivity index (χ3n) is 3.12. The van der Waals surface area contributed by atoms with E-state index in [1.807, 2.05) is 24.5 Å². The van der Waals surface area contributed by atoms with Gasteiger partial charge in [-0.2, -0.15) is 0 Å². The Morgan fingerprint density at radius 2 is 2.06 bits per heavy atom. The maximum atomic E-state index is 4.48. The second kappa shape index (κ2) is 5.13. The Balaban J connectivity index is 2.58. The lowest BCUT2D eigenvalue weighted by molar-refractivity contribution is 0.553. The fourth-order valence-corrected chi connectivity index (χ4v) is 2.37. The molecular formula is C13H15Br2N3. The highest BCUT2D eigenvalue weighted by molar-refractivity contribution is 9.10. The summed E-state index contributed by atoms with van der Waals surface area (Å²) in [6, 6.07) is 3.99. The van der Waals surface area contributed by atoms with Crippen molar-refractivity contribution in [3.63, 3.8) is 0 Å². The van der Waals surface area contributed by atoms with E-state index < -0.39 is 0 Å². The largest absolute Gasteiger partial charge is 0.367 e. The number of fused-ring (bicyclic) bond motifs is 1. The normalized spacial score (nSPS) is 11.8. The van der Waals surface area contributed by atoms with E-state index in [9.17, 15) is 0 Å². The van der Waals surface area contributed by atoms with E-state index in [-0.39, 0.29) is 5.54 Å². The fourth-order valence-electron chi connectivity index (χ4n) is 1.68. The van der Waals surface area contributed by atoms with Crippen LogP contribution in [0.2, 0.25) is 0 Å². The van der Waals surface area contributed by atoms with Crippen molar-refractivity contribution in [2.24, 2.45) is 0 Å². The van der Waals surface area contributed by atoms with Gasteiger partial charge in [-0.3, -0.25) is 9.97 Å². The van der Waals surface area contributed by atoms with Crippen LogP contribution < -0.4 is 4.90 Å². The summed E-state index contributed by atoms with van der Waals surface area (Å²) in [5, 5.41) is 0.886. The van der Waals surface area contributed by atoms with Gasteiger partial charge >= 0.3 is 0 Å². The molecule has 2 rings (SSSR count). The molecule has 3 nitrogen and oxygen atoms in total. The van der Waals surface area contributed by atoms with Gasteiger partial charge in [-0.15, -0.1) is 0 Å². The maximum absolute atomic E-state index is 4.48. The van der Waals surface area contributed by atoms with Crippen molar-refractivity contribution in [3.8, 4) is 0 Å². The molecule has 2 heterocycles. The number of halogens is 2. The van der Waals surface area contributed by atoms with Gasteiger partial charge in [-0.25, -0.2) is 0 Å². The average molecular weight is 373 g/mol. The van der Waals surface area contributed by atoms with Gasteiger partial charge in [0.25, 0.3) is 0 Å². The minimum Gasteiger partial charge on any atom is -0.367 e. The molecule has 0 amide bonds. The van der Waals surface area contributed by atoms with E-state index in [1.54, 1.807) is 0 Å². The summed E-state index contributed by atoms with van der Waals surface area (Å²) in [5.74, 6) is 0. The number of alkyl halides is 1. The molecule has 0 spiro atoms. The van der Waals surface area contributed by atoms with E-state index in [4.69, 9.17) is 0 Å². The molecule has 0 aromatic carbocycles. The first-order chi connectivity index (χ1) is 8.45. The van der Waals surface area contributed by atoms with Crippen LogP contribution in [0.5, 0.6) is 0 Å². The van der Waals surface area contributed by atoms with Crippen LogP contribution in [-0.4, -0.2) is 27.9 Å². The van der Waals surface area contributed by atoms with E-state index >= 15 is 0 Å². The zero-order chi connectivity index (χ0) is 13.3. The highest BCUT2D eigenvalue weighted by Gasteiger charge is 2.24. The zero-order valence-electron chi connectivity index (χ0n) is 10.6. The van der Waals surface area contributed by atoms with Crippen LogP contribution >= 0.6 is 31.9 Å². The minimum atomic E-state index is 0.0169. The molecule has 96 valence electrons. The topological polar surface area (TPSA) is 29.0 Å². The van der Waals surface area contributed by atoms with Crippen LogP contribution in [0.3, 0.4) is 0 Å². The van der Waals surface area contributed by atoms with Crippen LogP contribution in [0.25, 0.3) is 11.0 Å². The fraction of sp³-hybridized carbons (Fsp3) is 0.385. The van der Waals surface area contributed by atoms with Gasteiger partial charge in [-0.05, 0) is 41.9 Å². The summed E-state index contributed by atoms with van der Waals surface area (Å²) >= 11 is 6.98.